The van der Waals surface area contributed by atoms with Gasteiger partial charge in [0.1, 0.15) is 13.2 Å². The van der Waals surface area contributed by atoms with E-state index in [4.69, 9.17) is 4.74 Å². The normalized spacial score (nSPS) is 11.2. The zero-order chi connectivity index (χ0) is 12.7. The number of para-hydroxylation sites is 2. The van der Waals surface area contributed by atoms with Crippen LogP contribution in [0.25, 0.3) is 0 Å². The van der Waals surface area contributed by atoms with Gasteiger partial charge in [-0.1, -0.05) is 12.1 Å². The molecule has 0 unspecified atom stereocenters. The Morgan fingerprint density at radius 3 is 2.24 bits per heavy atom. The Balaban J connectivity index is 2.46. The molecule has 7 heteroatoms. The quantitative estimate of drug-likeness (QED) is 0.549. The first-order valence-electron chi connectivity index (χ1n) is 4.78. The highest BCUT2D eigenvalue weighted by atomic mass is 32.2. The Morgan fingerprint density at radius 2 is 1.71 bits per heavy atom. The topological polar surface area (TPSA) is 61.8 Å². The Bertz CT molecular complexity index is 446. The summed E-state index contributed by atoms with van der Waals surface area (Å²) >= 11 is 0. The SMILES string of the molecule is CS(=O)(=O)OCCOc1ccccc1OCF. The predicted molar refractivity (Wildman–Crippen MR) is 59.3 cm³/mol. The molecular weight excluding hydrogens is 251 g/mol. The number of alkyl halides is 1. The van der Waals surface area contributed by atoms with Crippen LogP contribution in [0.15, 0.2) is 24.3 Å². The fraction of sp³-hybridized carbons (Fsp3) is 0.400. The average molecular weight is 264 g/mol. The minimum absolute atomic E-state index is 0.0275. The van der Waals surface area contributed by atoms with Gasteiger partial charge in [0.25, 0.3) is 10.1 Å². The van der Waals surface area contributed by atoms with Gasteiger partial charge in [0.2, 0.25) is 6.86 Å². The van der Waals surface area contributed by atoms with E-state index >= 15 is 0 Å². The number of halogens is 1. The first-order chi connectivity index (χ1) is 8.03. The van der Waals surface area contributed by atoms with Gasteiger partial charge in [-0.3, -0.25) is 4.18 Å². The highest BCUT2D eigenvalue weighted by Gasteiger charge is 2.05. The molecule has 1 aromatic carbocycles. The van der Waals surface area contributed by atoms with Gasteiger partial charge in [-0.15, -0.1) is 0 Å². The third-order valence-electron chi connectivity index (χ3n) is 1.70. The molecule has 1 rings (SSSR count). The van der Waals surface area contributed by atoms with E-state index in [1.165, 1.54) is 0 Å². The number of hydrogen-bond acceptors (Lipinski definition) is 5. The molecule has 0 aliphatic heterocycles. The van der Waals surface area contributed by atoms with Gasteiger partial charge >= 0.3 is 0 Å². The molecule has 0 heterocycles. The van der Waals surface area contributed by atoms with Gasteiger partial charge in [0, 0.05) is 0 Å². The lowest BCUT2D eigenvalue weighted by Crippen LogP contribution is -2.11. The van der Waals surface area contributed by atoms with Crippen LogP contribution in [0, 0.1) is 0 Å². The molecule has 0 aromatic heterocycles. The molecule has 17 heavy (non-hydrogen) atoms. The van der Waals surface area contributed by atoms with Crippen molar-refractivity contribution in [1.29, 1.82) is 0 Å². The van der Waals surface area contributed by atoms with Crippen LogP contribution < -0.4 is 9.47 Å². The van der Waals surface area contributed by atoms with Crippen LogP contribution >= 0.6 is 0 Å². The van der Waals surface area contributed by atoms with Crippen LogP contribution in [0.5, 0.6) is 11.5 Å². The fourth-order valence-electron chi connectivity index (χ4n) is 1.08. The molecule has 1 aromatic rings. The van der Waals surface area contributed by atoms with Crippen LogP contribution in [0.4, 0.5) is 4.39 Å². The summed E-state index contributed by atoms with van der Waals surface area (Å²) in [6.07, 6.45) is 0.952. The zero-order valence-corrected chi connectivity index (χ0v) is 10.1. The molecule has 5 nitrogen and oxygen atoms in total. The van der Waals surface area contributed by atoms with E-state index in [0.29, 0.717) is 5.75 Å². The van der Waals surface area contributed by atoms with Crippen LogP contribution in [-0.4, -0.2) is 34.7 Å². The number of hydrogen-bond donors (Lipinski definition) is 0. The number of ether oxygens (including phenoxy) is 2. The van der Waals surface area contributed by atoms with Gasteiger partial charge < -0.3 is 9.47 Å². The van der Waals surface area contributed by atoms with Crippen molar-refractivity contribution < 1.29 is 26.5 Å². The van der Waals surface area contributed by atoms with E-state index in [-0.39, 0.29) is 19.0 Å². The molecule has 0 bridgehead atoms. The van der Waals surface area contributed by atoms with Crippen molar-refractivity contribution in [3.05, 3.63) is 24.3 Å². The Kier molecular flexibility index (Phi) is 5.17. The summed E-state index contributed by atoms with van der Waals surface area (Å²) in [4.78, 5) is 0. The molecule has 0 N–H and O–H groups in total. The van der Waals surface area contributed by atoms with Crippen LogP contribution in [0.3, 0.4) is 0 Å². The van der Waals surface area contributed by atoms with E-state index in [0.717, 1.165) is 6.26 Å². The highest BCUT2D eigenvalue weighted by molar-refractivity contribution is 7.85. The molecule has 0 aliphatic carbocycles. The van der Waals surface area contributed by atoms with Crippen molar-refractivity contribution in [3.8, 4) is 11.5 Å². The van der Waals surface area contributed by atoms with Crippen LogP contribution in [-0.2, 0) is 14.3 Å². The third-order valence-corrected chi connectivity index (χ3v) is 2.29. The molecule has 0 radical (unpaired) electrons. The minimum atomic E-state index is -3.47. The maximum atomic E-state index is 12.0. The van der Waals surface area contributed by atoms with Crippen molar-refractivity contribution in [1.82, 2.24) is 0 Å². The minimum Gasteiger partial charge on any atom is -0.487 e. The fourth-order valence-corrected chi connectivity index (χ4v) is 1.46. The van der Waals surface area contributed by atoms with Crippen LogP contribution in [0.1, 0.15) is 0 Å². The van der Waals surface area contributed by atoms with Crippen molar-refractivity contribution in [3.63, 3.8) is 0 Å². The number of rotatable bonds is 7. The van der Waals surface area contributed by atoms with Crippen molar-refractivity contribution in [2.45, 2.75) is 0 Å². The summed E-state index contributed by atoms with van der Waals surface area (Å²) in [7, 11) is -3.47. The molecule has 96 valence electrons. The molecule has 0 aliphatic rings. The van der Waals surface area contributed by atoms with Crippen molar-refractivity contribution >= 4 is 10.1 Å². The van der Waals surface area contributed by atoms with Crippen molar-refractivity contribution in [2.24, 2.45) is 0 Å². The maximum absolute atomic E-state index is 12.0. The lowest BCUT2D eigenvalue weighted by atomic mass is 10.3. The molecule has 0 amide bonds. The second-order valence-corrected chi connectivity index (χ2v) is 4.72. The number of benzene rings is 1. The van der Waals surface area contributed by atoms with Gasteiger partial charge in [0.15, 0.2) is 11.5 Å². The summed E-state index contributed by atoms with van der Waals surface area (Å²) in [5, 5.41) is 0. The Labute approximate surface area is 99.2 Å². The first-order valence-corrected chi connectivity index (χ1v) is 6.59. The van der Waals surface area contributed by atoms with E-state index in [2.05, 4.69) is 8.92 Å². The lowest BCUT2D eigenvalue weighted by Gasteiger charge is -2.10. The van der Waals surface area contributed by atoms with Gasteiger partial charge in [-0.25, -0.2) is 4.39 Å². The lowest BCUT2D eigenvalue weighted by molar-refractivity contribution is 0.173. The smallest absolute Gasteiger partial charge is 0.264 e. The average Bonchev–Trinajstić information content (AvgIpc) is 2.25. The standard InChI is InChI=1S/C10H13FO5S/c1-17(12,13)16-7-6-14-9-4-2-3-5-10(9)15-8-11/h2-5H,6-8H2,1H3. The maximum Gasteiger partial charge on any atom is 0.264 e. The summed E-state index contributed by atoms with van der Waals surface area (Å²) in [6, 6.07) is 6.50. The summed E-state index contributed by atoms with van der Waals surface area (Å²) in [5.41, 5.74) is 0. The van der Waals surface area contributed by atoms with E-state index in [1.807, 2.05) is 0 Å². The molecule has 0 spiro atoms. The summed E-state index contributed by atoms with van der Waals surface area (Å²) in [5.74, 6) is 0.594. The van der Waals surface area contributed by atoms with Gasteiger partial charge in [-0.2, -0.15) is 8.42 Å². The van der Waals surface area contributed by atoms with E-state index in [1.54, 1.807) is 24.3 Å². The molecule has 0 fully saturated rings. The zero-order valence-electron chi connectivity index (χ0n) is 9.26. The summed E-state index contributed by atoms with van der Waals surface area (Å²) < 4.78 is 47.7. The predicted octanol–water partition coefficient (Wildman–Crippen LogP) is 1.35. The second kappa shape index (κ2) is 6.41. The third kappa shape index (κ3) is 5.50. The van der Waals surface area contributed by atoms with Gasteiger partial charge in [-0.05, 0) is 12.1 Å². The van der Waals surface area contributed by atoms with Crippen LogP contribution in [0.2, 0.25) is 0 Å². The second-order valence-electron chi connectivity index (χ2n) is 3.07. The molecule has 0 saturated carbocycles. The van der Waals surface area contributed by atoms with E-state index in [9.17, 15) is 12.8 Å². The van der Waals surface area contributed by atoms with Gasteiger partial charge in [0.05, 0.1) is 6.26 Å². The first kappa shape index (κ1) is 13.7. The molecular formula is C10H13FO5S. The van der Waals surface area contributed by atoms with Crippen molar-refractivity contribution in [2.75, 3.05) is 26.3 Å². The largest absolute Gasteiger partial charge is 0.487 e. The van der Waals surface area contributed by atoms with E-state index < -0.39 is 17.0 Å². The monoisotopic (exact) mass is 264 g/mol. The molecule has 0 saturated heterocycles. The Hall–Kier alpha value is -1.34. The highest BCUT2D eigenvalue weighted by Crippen LogP contribution is 2.26. The Morgan fingerprint density at radius 1 is 1.12 bits per heavy atom. The molecule has 0 atom stereocenters. The summed E-state index contributed by atoms with van der Waals surface area (Å²) in [6.45, 7) is -1.04.